The second-order valence-corrected chi connectivity index (χ2v) is 9.01. The van der Waals surface area contributed by atoms with E-state index in [1.807, 2.05) is 0 Å². The van der Waals surface area contributed by atoms with Crippen LogP contribution in [0.2, 0.25) is 5.02 Å². The van der Waals surface area contributed by atoms with Gasteiger partial charge in [0.25, 0.3) is 5.56 Å². The van der Waals surface area contributed by atoms with Crippen molar-refractivity contribution < 1.29 is 41.5 Å². The first-order chi connectivity index (χ1) is 18.9. The lowest BCUT2D eigenvalue weighted by atomic mass is 10.1. The van der Waals surface area contributed by atoms with Crippen molar-refractivity contribution in [3.8, 4) is 5.75 Å². The van der Waals surface area contributed by atoms with E-state index in [0.29, 0.717) is 10.4 Å². The van der Waals surface area contributed by atoms with Gasteiger partial charge in [-0.1, -0.05) is 24.6 Å². The van der Waals surface area contributed by atoms with Crippen molar-refractivity contribution >= 4 is 40.0 Å². The molecule has 0 saturated carbocycles. The summed E-state index contributed by atoms with van der Waals surface area (Å²) >= 11 is 6.01. The maximum atomic E-state index is 14.0. The molecular formula is C26H24ClF4N3O6. The smallest absolute Gasteiger partial charge is 0.259 e. The molecule has 2 amide bonds. The van der Waals surface area contributed by atoms with E-state index < -0.39 is 77.3 Å². The van der Waals surface area contributed by atoms with E-state index in [1.54, 1.807) is 25.1 Å². The fourth-order valence-corrected chi connectivity index (χ4v) is 3.99. The molecule has 1 heterocycles. The van der Waals surface area contributed by atoms with Crippen molar-refractivity contribution in [1.82, 2.24) is 14.9 Å². The van der Waals surface area contributed by atoms with Crippen LogP contribution < -0.4 is 15.6 Å². The van der Waals surface area contributed by atoms with Crippen LogP contribution >= 0.6 is 11.6 Å². The summed E-state index contributed by atoms with van der Waals surface area (Å²) in [6, 6.07) is 3.45. The number of hydrogen-bond donors (Lipinski definition) is 1. The molecule has 0 aliphatic rings. The van der Waals surface area contributed by atoms with Crippen LogP contribution in [0.3, 0.4) is 0 Å². The topological polar surface area (TPSA) is 107 Å². The van der Waals surface area contributed by atoms with E-state index in [-0.39, 0.29) is 17.9 Å². The average Bonchev–Trinajstić information content (AvgIpc) is 2.92. The first-order valence-corrected chi connectivity index (χ1v) is 12.2. The number of rotatable bonds is 11. The number of nitrogens with one attached hydrogen (secondary N) is 1. The number of pyridine rings is 1. The molecule has 9 nitrogen and oxygen atoms in total. The molecule has 0 aliphatic carbocycles. The summed E-state index contributed by atoms with van der Waals surface area (Å²) in [5.74, 6) is -11.4. The van der Waals surface area contributed by atoms with Crippen molar-refractivity contribution in [1.29, 1.82) is 0 Å². The van der Waals surface area contributed by atoms with Gasteiger partial charge in [0.2, 0.25) is 23.4 Å². The number of ether oxygens (including phenoxy) is 1. The molecule has 40 heavy (non-hydrogen) atoms. The van der Waals surface area contributed by atoms with E-state index in [9.17, 15) is 36.7 Å². The number of Topliss-reactive ketones (excluding diaryl/α,β-unsaturated/α-hetero) is 1. The second kappa shape index (κ2) is 12.9. The Kier molecular flexibility index (Phi) is 9.88. The number of amides is 2. The average molecular weight is 586 g/mol. The largest absolute Gasteiger partial charge is 0.479 e. The first kappa shape index (κ1) is 30.6. The number of benzene rings is 2. The lowest BCUT2D eigenvalue weighted by Crippen LogP contribution is -2.49. The van der Waals surface area contributed by atoms with Crippen molar-refractivity contribution in [3.63, 3.8) is 0 Å². The zero-order valence-corrected chi connectivity index (χ0v) is 22.2. The highest BCUT2D eigenvalue weighted by molar-refractivity contribution is 6.31. The molecule has 0 aliphatic heterocycles. The highest BCUT2D eigenvalue weighted by Crippen LogP contribution is 2.26. The van der Waals surface area contributed by atoms with Crippen molar-refractivity contribution in [2.75, 3.05) is 20.8 Å². The molecule has 0 radical (unpaired) electrons. The minimum absolute atomic E-state index is 0.0325. The van der Waals surface area contributed by atoms with Crippen LogP contribution in [0.5, 0.6) is 5.75 Å². The molecule has 214 valence electrons. The predicted octanol–water partition coefficient (Wildman–Crippen LogP) is 3.71. The van der Waals surface area contributed by atoms with Crippen LogP contribution in [0, 0.1) is 23.3 Å². The summed E-state index contributed by atoms with van der Waals surface area (Å²) in [6.07, 6.45) is 0.791. The van der Waals surface area contributed by atoms with Gasteiger partial charge in [-0.3, -0.25) is 24.0 Å². The molecular weight excluding hydrogens is 562 g/mol. The van der Waals surface area contributed by atoms with E-state index in [4.69, 9.17) is 21.2 Å². The molecule has 2 atom stereocenters. The van der Waals surface area contributed by atoms with Crippen LogP contribution in [0.25, 0.3) is 10.8 Å². The van der Waals surface area contributed by atoms with E-state index in [2.05, 4.69) is 5.32 Å². The van der Waals surface area contributed by atoms with Gasteiger partial charge in [0.15, 0.2) is 23.2 Å². The van der Waals surface area contributed by atoms with Gasteiger partial charge in [0.05, 0.1) is 13.5 Å². The molecule has 2 aromatic carbocycles. The van der Waals surface area contributed by atoms with Crippen molar-refractivity contribution in [2.45, 2.75) is 31.8 Å². The summed E-state index contributed by atoms with van der Waals surface area (Å²) in [7, 11) is 2.41. The Morgan fingerprint density at radius 1 is 1.07 bits per heavy atom. The lowest BCUT2D eigenvalue weighted by molar-refractivity contribution is -0.169. The van der Waals surface area contributed by atoms with Crippen LogP contribution in [0.4, 0.5) is 17.6 Å². The third-order valence-electron chi connectivity index (χ3n) is 6.06. The maximum Gasteiger partial charge on any atom is 0.259 e. The summed E-state index contributed by atoms with van der Waals surface area (Å²) < 4.78 is 60.8. The zero-order valence-electron chi connectivity index (χ0n) is 21.5. The van der Waals surface area contributed by atoms with E-state index in [0.717, 1.165) is 9.63 Å². The monoisotopic (exact) mass is 585 g/mol. The molecule has 1 unspecified atom stereocenters. The second-order valence-electron chi connectivity index (χ2n) is 8.58. The molecule has 0 fully saturated rings. The number of fused-ring (bicyclic) bond motifs is 1. The standard InChI is InChI=1S/C26H24ClF4N3O6/c1-4-19(34-8-7-13-5-6-14(27)9-15(13)26(34)38)25(37)32-18(11-21(36)33(2)39-3)20(35)12-40-24-22(30)16(28)10-17(29)23(24)31/h5-10,18-19H,4,11-12H2,1-3H3,(H,32,37)/t18-,19?/m0/s1. The predicted molar refractivity (Wildman–Crippen MR) is 136 cm³/mol. The number of aromatic nitrogens is 1. The third kappa shape index (κ3) is 6.59. The molecule has 3 rings (SSSR count). The van der Waals surface area contributed by atoms with Gasteiger partial charge in [0.1, 0.15) is 18.7 Å². The zero-order chi connectivity index (χ0) is 29.7. The van der Waals surface area contributed by atoms with Gasteiger partial charge in [-0.2, -0.15) is 8.78 Å². The number of carbonyl (C=O) groups is 3. The van der Waals surface area contributed by atoms with Gasteiger partial charge in [-0.25, -0.2) is 13.8 Å². The van der Waals surface area contributed by atoms with Crippen LogP contribution in [0.15, 0.2) is 41.3 Å². The number of hydroxylamine groups is 2. The SMILES string of the molecule is CCC(C(=O)N[C@@H](CC(=O)N(C)OC)C(=O)COc1c(F)c(F)cc(F)c1F)n1ccc2ccc(Cl)cc2c1=O. The van der Waals surface area contributed by atoms with Gasteiger partial charge >= 0.3 is 0 Å². The quantitative estimate of drug-likeness (QED) is 0.209. The molecule has 0 bridgehead atoms. The number of hydrogen-bond acceptors (Lipinski definition) is 6. The Bertz CT molecular complexity index is 1490. The van der Waals surface area contributed by atoms with Crippen LogP contribution in [-0.2, 0) is 19.2 Å². The third-order valence-corrected chi connectivity index (χ3v) is 6.29. The minimum Gasteiger partial charge on any atom is -0.479 e. The van der Waals surface area contributed by atoms with Gasteiger partial charge in [-0.15, -0.1) is 0 Å². The van der Waals surface area contributed by atoms with Crippen LogP contribution in [0.1, 0.15) is 25.8 Å². The number of ketones is 1. The van der Waals surface area contributed by atoms with Gasteiger partial charge in [-0.05, 0) is 30.0 Å². The Balaban J connectivity index is 1.89. The maximum absolute atomic E-state index is 14.0. The number of carbonyl (C=O) groups excluding carboxylic acids is 3. The Labute approximate surface area is 230 Å². The highest BCUT2D eigenvalue weighted by Gasteiger charge is 2.30. The normalized spacial score (nSPS) is 12.6. The molecule has 14 heteroatoms. The summed E-state index contributed by atoms with van der Waals surface area (Å²) in [4.78, 5) is 56.6. The van der Waals surface area contributed by atoms with Crippen molar-refractivity contribution in [3.05, 3.63) is 75.2 Å². The van der Waals surface area contributed by atoms with E-state index >= 15 is 0 Å². The first-order valence-electron chi connectivity index (χ1n) is 11.8. The number of nitrogens with zero attached hydrogens (tertiary/aromatic N) is 2. The summed E-state index contributed by atoms with van der Waals surface area (Å²) in [5.41, 5.74) is -0.539. The summed E-state index contributed by atoms with van der Waals surface area (Å²) in [5, 5.41) is 4.25. The fourth-order valence-electron chi connectivity index (χ4n) is 3.82. The lowest BCUT2D eigenvalue weighted by Gasteiger charge is -2.24. The molecule has 0 spiro atoms. The Morgan fingerprint density at radius 2 is 1.73 bits per heavy atom. The number of halogens is 5. The molecule has 1 aromatic heterocycles. The Hall–Kier alpha value is -3.97. The van der Waals surface area contributed by atoms with Gasteiger partial charge < -0.3 is 14.6 Å². The Morgan fingerprint density at radius 3 is 2.33 bits per heavy atom. The molecule has 0 saturated heterocycles. The minimum atomic E-state index is -1.87. The summed E-state index contributed by atoms with van der Waals surface area (Å²) in [6.45, 7) is 0.434. The molecule has 3 aromatic rings. The highest BCUT2D eigenvalue weighted by atomic mass is 35.5. The van der Waals surface area contributed by atoms with Gasteiger partial charge in [0, 0.05) is 29.7 Å². The fraction of sp³-hybridized carbons (Fsp3) is 0.308. The molecule has 1 N–H and O–H groups in total. The van der Waals surface area contributed by atoms with Crippen LogP contribution in [-0.4, -0.2) is 54.0 Å². The van der Waals surface area contributed by atoms with E-state index in [1.165, 1.54) is 26.4 Å². The van der Waals surface area contributed by atoms with Crippen molar-refractivity contribution in [2.24, 2.45) is 0 Å².